The van der Waals surface area contributed by atoms with Gasteiger partial charge in [0, 0.05) is 48.0 Å². The molecule has 0 unspecified atom stereocenters. The first kappa shape index (κ1) is 25.9. The number of aryl methyl sites for hydroxylation is 2. The molecule has 0 saturated carbocycles. The first-order valence-corrected chi connectivity index (χ1v) is 13.7. The molecule has 2 aliphatic rings. The van der Waals surface area contributed by atoms with Crippen LogP contribution in [0, 0.1) is 20.8 Å². The Morgan fingerprint density at radius 3 is 2.70 bits per heavy atom. The minimum absolute atomic E-state index is 0.0562. The van der Waals surface area contributed by atoms with E-state index in [0.717, 1.165) is 51.1 Å². The van der Waals surface area contributed by atoms with Crippen LogP contribution in [0.25, 0.3) is 5.69 Å². The molecule has 204 valence electrons. The van der Waals surface area contributed by atoms with Crippen molar-refractivity contribution in [2.75, 3.05) is 18.7 Å². The Bertz CT molecular complexity index is 1590. The van der Waals surface area contributed by atoms with Gasteiger partial charge in [-0.05, 0) is 86.6 Å². The number of ether oxygens (including phenoxy) is 2. The van der Waals surface area contributed by atoms with Crippen molar-refractivity contribution >= 4 is 28.9 Å². The van der Waals surface area contributed by atoms with E-state index in [-0.39, 0.29) is 24.8 Å². The summed E-state index contributed by atoms with van der Waals surface area (Å²) >= 11 is 5.84. The maximum absolute atomic E-state index is 12.9. The molecule has 1 fully saturated rings. The molecule has 8 nitrogen and oxygen atoms in total. The van der Waals surface area contributed by atoms with Crippen LogP contribution in [-0.2, 0) is 4.79 Å². The molecule has 1 saturated heterocycles. The monoisotopic (exact) mass is 553 g/mol. The number of carbonyl (C=O) groups excluding carboxylic acids is 1. The average Bonchev–Trinajstić information content (AvgIpc) is 3.62. The third-order valence-corrected chi connectivity index (χ3v) is 7.84. The molecule has 40 heavy (non-hydrogen) atoms. The molecule has 0 bridgehead atoms. The predicted molar refractivity (Wildman–Crippen MR) is 158 cm³/mol. The van der Waals surface area contributed by atoms with Gasteiger partial charge in [0.1, 0.15) is 0 Å². The fourth-order valence-electron chi connectivity index (χ4n) is 5.66. The van der Waals surface area contributed by atoms with Crippen molar-refractivity contribution < 1.29 is 14.3 Å². The predicted octanol–water partition coefficient (Wildman–Crippen LogP) is 5.53. The summed E-state index contributed by atoms with van der Waals surface area (Å²) in [7, 11) is 0. The fourth-order valence-corrected chi connectivity index (χ4v) is 5.99. The van der Waals surface area contributed by atoms with Gasteiger partial charge in [0.15, 0.2) is 16.6 Å². The number of nitrogens with one attached hydrogen (secondary N) is 2. The van der Waals surface area contributed by atoms with Crippen LogP contribution >= 0.6 is 12.2 Å². The normalized spacial score (nSPS) is 17.7. The lowest BCUT2D eigenvalue weighted by molar-refractivity contribution is -0.116. The number of carbonyl (C=O) groups is 1. The standard InChI is InChI=1S/C31H31N5O3S/c1-19-7-6-8-22(15-19)33-28(37)12-14-35-30(29(34-31(35)40)25-9-4-5-13-32-25)24-16-20(2)36(21(24)3)23-10-11-26-27(17-23)39-18-38-26/h4-11,13,15-17,29-30H,12,14,18H2,1-3H3,(H,33,37)(H,34,40)/t29-,30-/m0/s1. The molecule has 9 heteroatoms. The topological polar surface area (TPSA) is 80.7 Å². The third kappa shape index (κ3) is 4.88. The second-order valence-corrected chi connectivity index (χ2v) is 10.6. The van der Waals surface area contributed by atoms with E-state index in [9.17, 15) is 4.79 Å². The molecule has 0 aliphatic carbocycles. The van der Waals surface area contributed by atoms with E-state index in [4.69, 9.17) is 21.7 Å². The zero-order valence-electron chi connectivity index (χ0n) is 22.7. The van der Waals surface area contributed by atoms with Gasteiger partial charge in [-0.2, -0.15) is 0 Å². The zero-order valence-corrected chi connectivity index (χ0v) is 23.5. The quantitative estimate of drug-likeness (QED) is 0.292. The Kier molecular flexibility index (Phi) is 6.89. The van der Waals surface area contributed by atoms with Crippen molar-refractivity contribution in [3.05, 3.63) is 101 Å². The Labute approximate surface area is 238 Å². The molecule has 2 aliphatic heterocycles. The van der Waals surface area contributed by atoms with Crippen LogP contribution in [0.5, 0.6) is 11.5 Å². The van der Waals surface area contributed by atoms with E-state index in [1.807, 2.05) is 67.6 Å². The van der Waals surface area contributed by atoms with Gasteiger partial charge >= 0.3 is 0 Å². The minimum atomic E-state index is -0.167. The average molecular weight is 554 g/mol. The summed E-state index contributed by atoms with van der Waals surface area (Å²) in [5.74, 6) is 1.43. The van der Waals surface area contributed by atoms with E-state index in [0.29, 0.717) is 18.1 Å². The lowest BCUT2D eigenvalue weighted by Gasteiger charge is -2.28. The number of rotatable bonds is 7. The molecular formula is C31H31N5O3S. The van der Waals surface area contributed by atoms with Gasteiger partial charge in [-0.15, -0.1) is 0 Å². The number of anilines is 1. The highest BCUT2D eigenvalue weighted by molar-refractivity contribution is 7.80. The molecular weight excluding hydrogens is 522 g/mol. The SMILES string of the molecule is Cc1cccc(NC(=O)CCN2C(=S)N[C@@H](c3ccccn3)[C@@H]2c2cc(C)n(-c3ccc4c(c3)OCO4)c2C)c1. The smallest absolute Gasteiger partial charge is 0.231 e. The number of thiocarbonyl (C=S) groups is 1. The van der Waals surface area contributed by atoms with Crippen molar-refractivity contribution in [3.63, 3.8) is 0 Å². The number of pyridine rings is 1. The number of hydrogen-bond donors (Lipinski definition) is 2. The van der Waals surface area contributed by atoms with Gasteiger partial charge in [0.05, 0.1) is 17.8 Å². The molecule has 2 aromatic carbocycles. The van der Waals surface area contributed by atoms with Crippen LogP contribution in [-0.4, -0.2) is 38.8 Å². The number of amides is 1. The highest BCUT2D eigenvalue weighted by atomic mass is 32.1. The lowest BCUT2D eigenvalue weighted by Crippen LogP contribution is -2.32. The summed E-state index contributed by atoms with van der Waals surface area (Å²) in [6.07, 6.45) is 2.09. The fraction of sp³-hybridized carbons (Fsp3) is 0.258. The van der Waals surface area contributed by atoms with Crippen molar-refractivity contribution in [1.82, 2.24) is 19.8 Å². The van der Waals surface area contributed by atoms with Crippen molar-refractivity contribution in [3.8, 4) is 17.2 Å². The summed E-state index contributed by atoms with van der Waals surface area (Å²) in [5.41, 5.74) is 7.08. The number of fused-ring (bicyclic) bond motifs is 1. The van der Waals surface area contributed by atoms with E-state index >= 15 is 0 Å². The molecule has 2 aromatic heterocycles. The highest BCUT2D eigenvalue weighted by Gasteiger charge is 2.41. The Morgan fingerprint density at radius 1 is 1.05 bits per heavy atom. The van der Waals surface area contributed by atoms with Crippen LogP contribution in [0.4, 0.5) is 5.69 Å². The molecule has 0 radical (unpaired) electrons. The van der Waals surface area contributed by atoms with Crippen LogP contribution in [0.1, 0.15) is 46.7 Å². The Balaban J connectivity index is 1.32. The van der Waals surface area contributed by atoms with Crippen LogP contribution in [0.15, 0.2) is 72.9 Å². The van der Waals surface area contributed by atoms with Crippen molar-refractivity contribution in [2.45, 2.75) is 39.3 Å². The number of nitrogens with zero attached hydrogens (tertiary/aromatic N) is 3. The largest absolute Gasteiger partial charge is 0.454 e. The summed E-state index contributed by atoms with van der Waals surface area (Å²) in [6, 6.07) is 21.6. The first-order valence-electron chi connectivity index (χ1n) is 13.3. The van der Waals surface area contributed by atoms with Gasteiger partial charge in [-0.25, -0.2) is 0 Å². The summed E-state index contributed by atoms with van der Waals surface area (Å²) in [6.45, 7) is 6.91. The lowest BCUT2D eigenvalue weighted by atomic mass is 9.96. The van der Waals surface area contributed by atoms with Crippen molar-refractivity contribution in [2.24, 2.45) is 0 Å². The van der Waals surface area contributed by atoms with Gasteiger partial charge in [0.25, 0.3) is 0 Å². The van der Waals surface area contributed by atoms with E-state index in [1.54, 1.807) is 6.20 Å². The molecule has 4 aromatic rings. The molecule has 6 rings (SSSR count). The first-order chi connectivity index (χ1) is 19.4. The highest BCUT2D eigenvalue weighted by Crippen LogP contribution is 2.42. The Morgan fingerprint density at radius 2 is 1.90 bits per heavy atom. The van der Waals surface area contributed by atoms with E-state index in [2.05, 4.69) is 45.0 Å². The Hall–Kier alpha value is -4.37. The second kappa shape index (κ2) is 10.7. The number of hydrogen-bond acceptors (Lipinski definition) is 5. The van der Waals surface area contributed by atoms with Gasteiger partial charge in [-0.1, -0.05) is 18.2 Å². The molecule has 0 spiro atoms. The van der Waals surface area contributed by atoms with E-state index < -0.39 is 0 Å². The second-order valence-electron chi connectivity index (χ2n) is 10.2. The number of benzene rings is 2. The molecule has 2 atom stereocenters. The maximum atomic E-state index is 12.9. The van der Waals surface area contributed by atoms with Crippen LogP contribution in [0.3, 0.4) is 0 Å². The number of aromatic nitrogens is 2. The maximum Gasteiger partial charge on any atom is 0.231 e. The molecule has 1 amide bonds. The van der Waals surface area contributed by atoms with Crippen molar-refractivity contribution in [1.29, 1.82) is 0 Å². The van der Waals surface area contributed by atoms with Gasteiger partial charge < -0.3 is 29.6 Å². The van der Waals surface area contributed by atoms with Crippen LogP contribution in [0.2, 0.25) is 0 Å². The van der Waals surface area contributed by atoms with Crippen LogP contribution < -0.4 is 20.1 Å². The van der Waals surface area contributed by atoms with Gasteiger partial charge in [0.2, 0.25) is 12.7 Å². The summed E-state index contributed by atoms with van der Waals surface area (Å²) in [4.78, 5) is 19.7. The van der Waals surface area contributed by atoms with Gasteiger partial charge in [-0.3, -0.25) is 9.78 Å². The van der Waals surface area contributed by atoms with E-state index in [1.165, 1.54) is 0 Å². The zero-order chi connectivity index (χ0) is 27.8. The molecule has 2 N–H and O–H groups in total. The molecule has 4 heterocycles. The summed E-state index contributed by atoms with van der Waals surface area (Å²) in [5, 5.41) is 7.12. The third-order valence-electron chi connectivity index (χ3n) is 7.48. The minimum Gasteiger partial charge on any atom is -0.454 e. The summed E-state index contributed by atoms with van der Waals surface area (Å²) < 4.78 is 13.4.